The first-order chi connectivity index (χ1) is 10.1. The van der Waals surface area contributed by atoms with E-state index >= 15 is 0 Å². The molecule has 1 aliphatic heterocycles. The Hall–Kier alpha value is -1.40. The lowest BCUT2D eigenvalue weighted by atomic mass is 10.0. The quantitative estimate of drug-likeness (QED) is 0.879. The molecule has 1 heterocycles. The lowest BCUT2D eigenvalue weighted by molar-refractivity contribution is -0.122. The molecule has 0 spiro atoms. The zero-order valence-corrected chi connectivity index (χ0v) is 12.7. The van der Waals surface area contributed by atoms with E-state index in [1.54, 1.807) is 0 Å². The molecule has 0 bridgehead atoms. The molecule has 1 N–H and O–H groups in total. The zero-order chi connectivity index (χ0) is 14.9. The van der Waals surface area contributed by atoms with Crippen LogP contribution < -0.4 is 5.32 Å². The van der Waals surface area contributed by atoms with Crippen molar-refractivity contribution in [3.05, 3.63) is 35.4 Å². The number of carbonyl (C=O) groups is 1. The number of hydrogen-bond acceptors (Lipinski definition) is 3. The van der Waals surface area contributed by atoms with E-state index < -0.39 is 10.0 Å². The van der Waals surface area contributed by atoms with Gasteiger partial charge in [-0.3, -0.25) is 4.79 Å². The number of rotatable bonds is 5. The maximum absolute atomic E-state index is 12.3. The molecule has 0 radical (unpaired) electrons. The van der Waals surface area contributed by atoms with E-state index in [9.17, 15) is 13.2 Å². The summed E-state index contributed by atoms with van der Waals surface area (Å²) in [5, 5.41) is 2.71. The molecular formula is C15H20N2O3S. The van der Waals surface area contributed by atoms with Crippen LogP contribution in [0.15, 0.2) is 24.3 Å². The number of benzene rings is 1. The van der Waals surface area contributed by atoms with Crippen molar-refractivity contribution in [1.82, 2.24) is 9.62 Å². The van der Waals surface area contributed by atoms with E-state index in [0.29, 0.717) is 13.1 Å². The predicted octanol–water partition coefficient (Wildman–Crippen LogP) is 0.901. The topological polar surface area (TPSA) is 66.5 Å². The highest BCUT2D eigenvalue weighted by molar-refractivity contribution is 7.89. The van der Waals surface area contributed by atoms with Gasteiger partial charge in [0.2, 0.25) is 15.9 Å². The van der Waals surface area contributed by atoms with Gasteiger partial charge in [0, 0.05) is 25.6 Å². The maximum atomic E-state index is 12.3. The highest BCUT2D eigenvalue weighted by Gasteiger charge is 2.30. The summed E-state index contributed by atoms with van der Waals surface area (Å²) in [5.74, 6) is 0.0944. The largest absolute Gasteiger partial charge is 0.355 e. The van der Waals surface area contributed by atoms with Gasteiger partial charge in [-0.25, -0.2) is 8.42 Å². The van der Waals surface area contributed by atoms with Gasteiger partial charge in [0.1, 0.15) is 0 Å². The van der Waals surface area contributed by atoms with Crippen molar-refractivity contribution in [3.8, 4) is 0 Å². The van der Waals surface area contributed by atoms with Crippen LogP contribution in [0.1, 0.15) is 24.0 Å². The molecule has 1 amide bonds. The minimum absolute atomic E-state index is 0.00538. The van der Waals surface area contributed by atoms with Gasteiger partial charge in [-0.15, -0.1) is 0 Å². The minimum Gasteiger partial charge on any atom is -0.355 e. The van der Waals surface area contributed by atoms with Crippen LogP contribution in [0.4, 0.5) is 0 Å². The number of nitrogens with one attached hydrogen (secondary N) is 1. The Morgan fingerprint density at radius 1 is 1.24 bits per heavy atom. The van der Waals surface area contributed by atoms with Gasteiger partial charge in [-0.2, -0.15) is 4.31 Å². The zero-order valence-electron chi connectivity index (χ0n) is 11.9. The van der Waals surface area contributed by atoms with Crippen LogP contribution in [0, 0.1) is 5.92 Å². The Morgan fingerprint density at radius 3 is 2.67 bits per heavy atom. The van der Waals surface area contributed by atoms with Gasteiger partial charge in [-0.1, -0.05) is 24.3 Å². The van der Waals surface area contributed by atoms with Crippen LogP contribution in [0.5, 0.6) is 0 Å². The van der Waals surface area contributed by atoms with Crippen molar-refractivity contribution in [2.24, 2.45) is 5.92 Å². The third-order valence-corrected chi connectivity index (χ3v) is 5.91. The van der Waals surface area contributed by atoms with E-state index in [-0.39, 0.29) is 24.1 Å². The molecule has 1 fully saturated rings. The molecule has 1 aromatic rings. The monoisotopic (exact) mass is 308 g/mol. The molecule has 21 heavy (non-hydrogen) atoms. The lowest BCUT2D eigenvalue weighted by Gasteiger charge is -2.28. The van der Waals surface area contributed by atoms with Gasteiger partial charge >= 0.3 is 0 Å². The summed E-state index contributed by atoms with van der Waals surface area (Å²) in [6.45, 7) is 1.17. The van der Waals surface area contributed by atoms with E-state index in [4.69, 9.17) is 0 Å². The minimum atomic E-state index is -3.31. The normalized spacial score (nSPS) is 19.0. The molecule has 0 unspecified atom stereocenters. The van der Waals surface area contributed by atoms with Crippen LogP contribution in [0.2, 0.25) is 0 Å². The fourth-order valence-electron chi connectivity index (χ4n) is 2.63. The molecule has 114 valence electrons. The first-order valence-electron chi connectivity index (χ1n) is 7.38. The molecule has 2 aliphatic rings. The molecule has 0 saturated heterocycles. The molecule has 1 aromatic carbocycles. The van der Waals surface area contributed by atoms with Crippen LogP contribution in [0.3, 0.4) is 0 Å². The van der Waals surface area contributed by atoms with Gasteiger partial charge in [-0.05, 0) is 30.4 Å². The molecule has 1 aliphatic carbocycles. The van der Waals surface area contributed by atoms with Gasteiger partial charge in [0.25, 0.3) is 0 Å². The summed E-state index contributed by atoms with van der Waals surface area (Å²) in [4.78, 5) is 11.5. The number of nitrogens with zero attached hydrogens (tertiary/aromatic N) is 1. The van der Waals surface area contributed by atoms with Crippen molar-refractivity contribution >= 4 is 15.9 Å². The number of hydrogen-bond donors (Lipinski definition) is 1. The number of fused-ring (bicyclic) bond motifs is 1. The van der Waals surface area contributed by atoms with Gasteiger partial charge < -0.3 is 5.32 Å². The Labute approximate surface area is 125 Å². The summed E-state index contributed by atoms with van der Waals surface area (Å²) in [5.41, 5.74) is 2.31. The Morgan fingerprint density at radius 2 is 1.95 bits per heavy atom. The second-order valence-corrected chi connectivity index (χ2v) is 7.82. The number of sulfonamides is 1. The van der Waals surface area contributed by atoms with Crippen molar-refractivity contribution in [1.29, 1.82) is 0 Å². The summed E-state index contributed by atoms with van der Waals surface area (Å²) in [7, 11) is -3.31. The lowest BCUT2D eigenvalue weighted by Crippen LogP contribution is -2.40. The molecule has 5 nitrogen and oxygen atoms in total. The van der Waals surface area contributed by atoms with E-state index in [2.05, 4.69) is 11.4 Å². The van der Waals surface area contributed by atoms with Crippen molar-refractivity contribution in [3.63, 3.8) is 0 Å². The van der Waals surface area contributed by atoms with Crippen LogP contribution >= 0.6 is 0 Å². The van der Waals surface area contributed by atoms with Crippen molar-refractivity contribution in [2.75, 3.05) is 18.8 Å². The third kappa shape index (κ3) is 3.44. The number of amides is 1. The first-order valence-corrected chi connectivity index (χ1v) is 8.99. The Bertz CT molecular complexity index is 638. The maximum Gasteiger partial charge on any atom is 0.223 e. The second-order valence-electron chi connectivity index (χ2n) is 5.73. The highest BCUT2D eigenvalue weighted by atomic mass is 32.2. The first kappa shape index (κ1) is 14.5. The third-order valence-electron chi connectivity index (χ3n) is 4.10. The molecule has 0 aromatic heterocycles. The molecule has 1 saturated carbocycles. The molecule has 0 atom stereocenters. The summed E-state index contributed by atoms with van der Waals surface area (Å²) >= 11 is 0. The summed E-state index contributed by atoms with van der Waals surface area (Å²) < 4.78 is 26.2. The SMILES string of the molecule is O=C(NCCS(=O)(=O)N1CCc2ccccc2C1)C1CC1. The fraction of sp³-hybridized carbons (Fsp3) is 0.533. The van der Waals surface area contributed by atoms with Gasteiger partial charge in [0.05, 0.1) is 5.75 Å². The average Bonchev–Trinajstić information content (AvgIpc) is 3.31. The predicted molar refractivity (Wildman–Crippen MR) is 80.1 cm³/mol. The molecular weight excluding hydrogens is 288 g/mol. The van der Waals surface area contributed by atoms with E-state index in [0.717, 1.165) is 24.8 Å². The highest BCUT2D eigenvalue weighted by Crippen LogP contribution is 2.28. The van der Waals surface area contributed by atoms with Gasteiger partial charge in [0.15, 0.2) is 0 Å². The molecule has 6 heteroatoms. The van der Waals surface area contributed by atoms with Crippen LogP contribution in [-0.4, -0.2) is 37.5 Å². The van der Waals surface area contributed by atoms with Crippen LogP contribution in [-0.2, 0) is 27.8 Å². The van der Waals surface area contributed by atoms with Crippen molar-refractivity contribution in [2.45, 2.75) is 25.8 Å². The summed E-state index contributed by atoms with van der Waals surface area (Å²) in [6.07, 6.45) is 2.62. The molecule has 3 rings (SSSR count). The average molecular weight is 308 g/mol. The number of carbonyl (C=O) groups excluding carboxylic acids is 1. The van der Waals surface area contributed by atoms with E-state index in [1.165, 1.54) is 9.87 Å². The van der Waals surface area contributed by atoms with Crippen LogP contribution in [0.25, 0.3) is 0 Å². The Balaban J connectivity index is 1.56. The van der Waals surface area contributed by atoms with Crippen molar-refractivity contribution < 1.29 is 13.2 Å². The fourth-order valence-corrected chi connectivity index (χ4v) is 3.95. The summed E-state index contributed by atoms with van der Waals surface area (Å²) in [6, 6.07) is 7.95. The second kappa shape index (κ2) is 5.77. The standard InChI is InChI=1S/C15H20N2O3S/c18-15(13-5-6-13)16-8-10-21(19,20)17-9-7-12-3-1-2-4-14(12)11-17/h1-4,13H,5-11H2,(H,16,18). The Kier molecular flexibility index (Phi) is 3.99. The van der Waals surface area contributed by atoms with E-state index in [1.807, 2.05) is 18.2 Å². The smallest absolute Gasteiger partial charge is 0.223 e.